The fourth-order valence-electron chi connectivity index (χ4n) is 3.25. The first kappa shape index (κ1) is 22.0. The van der Waals surface area contributed by atoms with Crippen molar-refractivity contribution < 1.29 is 23.2 Å². The highest BCUT2D eigenvalue weighted by Gasteiger charge is 2.53. The predicted molar refractivity (Wildman–Crippen MR) is 114 cm³/mol. The van der Waals surface area contributed by atoms with Gasteiger partial charge in [0.05, 0.1) is 10.0 Å². The topological polar surface area (TPSA) is 94.8 Å². The van der Waals surface area contributed by atoms with Gasteiger partial charge in [-0.05, 0) is 42.0 Å². The minimum Gasteiger partial charge on any atom is -0.508 e. The molecular formula is C19H12Cl4O5S. The smallest absolute Gasteiger partial charge is 0.283 e. The average Bonchev–Trinajstić information content (AvgIpc) is 2.59. The molecule has 0 saturated heterocycles. The van der Waals surface area contributed by atoms with Gasteiger partial charge in [-0.2, -0.15) is 8.42 Å². The van der Waals surface area contributed by atoms with Crippen molar-refractivity contribution in [1.29, 1.82) is 0 Å². The van der Waals surface area contributed by atoms with Crippen LogP contribution in [0.15, 0.2) is 54.6 Å². The number of hydrogen-bond donors (Lipinski definition) is 3. The summed E-state index contributed by atoms with van der Waals surface area (Å²) >= 11 is 25.3. The summed E-state index contributed by atoms with van der Waals surface area (Å²) in [6.45, 7) is 0. The van der Waals surface area contributed by atoms with Crippen molar-refractivity contribution in [2.45, 2.75) is 4.75 Å². The minimum atomic E-state index is -5.10. The molecule has 0 aliphatic rings. The van der Waals surface area contributed by atoms with Gasteiger partial charge in [0, 0.05) is 21.2 Å². The van der Waals surface area contributed by atoms with E-state index < -0.39 is 14.9 Å². The van der Waals surface area contributed by atoms with E-state index in [2.05, 4.69) is 0 Å². The van der Waals surface area contributed by atoms with Crippen LogP contribution in [0.25, 0.3) is 0 Å². The molecule has 0 aromatic heterocycles. The van der Waals surface area contributed by atoms with E-state index in [1.165, 1.54) is 42.5 Å². The van der Waals surface area contributed by atoms with Gasteiger partial charge >= 0.3 is 0 Å². The van der Waals surface area contributed by atoms with Crippen LogP contribution in [-0.4, -0.2) is 23.2 Å². The Labute approximate surface area is 186 Å². The Hall–Kier alpha value is -1.67. The monoisotopic (exact) mass is 492 g/mol. The first-order chi connectivity index (χ1) is 13.5. The normalized spacial score (nSPS) is 13.8. The second-order valence-electron chi connectivity index (χ2n) is 6.08. The first-order valence-corrected chi connectivity index (χ1v) is 10.8. The van der Waals surface area contributed by atoms with Crippen LogP contribution in [0.1, 0.15) is 16.7 Å². The third-order valence-electron chi connectivity index (χ3n) is 4.35. The van der Waals surface area contributed by atoms with Crippen LogP contribution < -0.4 is 0 Å². The zero-order chi connectivity index (χ0) is 21.6. The van der Waals surface area contributed by atoms with E-state index in [4.69, 9.17) is 46.4 Å². The molecule has 3 aromatic carbocycles. The Balaban J connectivity index is 2.66. The van der Waals surface area contributed by atoms with Gasteiger partial charge < -0.3 is 10.2 Å². The lowest BCUT2D eigenvalue weighted by molar-refractivity contribution is 0.456. The fourth-order valence-corrected chi connectivity index (χ4v) is 6.30. The summed E-state index contributed by atoms with van der Waals surface area (Å²) in [5.41, 5.74) is -0.491. The molecular weight excluding hydrogens is 482 g/mol. The lowest BCUT2D eigenvalue weighted by atomic mass is 9.83. The quantitative estimate of drug-likeness (QED) is 0.311. The first-order valence-electron chi connectivity index (χ1n) is 7.89. The summed E-state index contributed by atoms with van der Waals surface area (Å²) in [5.74, 6) is -0.463. The van der Waals surface area contributed by atoms with Crippen molar-refractivity contribution in [1.82, 2.24) is 0 Å². The van der Waals surface area contributed by atoms with Gasteiger partial charge in [-0.1, -0.05) is 64.6 Å². The molecule has 0 radical (unpaired) electrons. The molecule has 3 aromatic rings. The number of halogens is 4. The average molecular weight is 494 g/mol. The molecule has 0 fully saturated rings. The third kappa shape index (κ3) is 3.65. The maximum absolute atomic E-state index is 13.0. The Kier molecular flexibility index (Phi) is 5.98. The van der Waals surface area contributed by atoms with E-state index in [0.29, 0.717) is 0 Å². The molecule has 10 heteroatoms. The second-order valence-corrected chi connectivity index (χ2v) is 9.28. The molecule has 0 spiro atoms. The summed E-state index contributed by atoms with van der Waals surface area (Å²) < 4.78 is 34.1. The highest BCUT2D eigenvalue weighted by molar-refractivity contribution is 7.87. The number of phenols is 2. The molecule has 152 valence electrons. The zero-order valence-electron chi connectivity index (χ0n) is 14.3. The van der Waals surface area contributed by atoms with E-state index in [9.17, 15) is 23.2 Å². The fraction of sp³-hybridized carbons (Fsp3) is 0.0526. The number of rotatable bonds is 4. The number of phenolic OH excluding ortho intramolecular Hbond substituents is 2. The van der Waals surface area contributed by atoms with Crippen molar-refractivity contribution in [3.8, 4) is 11.5 Å². The number of hydrogen-bond acceptors (Lipinski definition) is 4. The van der Waals surface area contributed by atoms with Crippen molar-refractivity contribution in [2.75, 3.05) is 0 Å². The van der Waals surface area contributed by atoms with Gasteiger partial charge in [-0.3, -0.25) is 4.55 Å². The highest BCUT2D eigenvalue weighted by Crippen LogP contribution is 2.53. The lowest BCUT2D eigenvalue weighted by Crippen LogP contribution is -2.39. The highest BCUT2D eigenvalue weighted by atomic mass is 35.5. The molecule has 3 N–H and O–H groups in total. The molecule has 0 aliphatic heterocycles. The molecule has 0 bridgehead atoms. The van der Waals surface area contributed by atoms with Gasteiger partial charge in [-0.25, -0.2) is 0 Å². The Morgan fingerprint density at radius 3 is 1.59 bits per heavy atom. The van der Waals surface area contributed by atoms with Crippen LogP contribution in [0.4, 0.5) is 0 Å². The standard InChI is InChI=1S/C19H12Cl4O5S/c20-13-2-1-3-14(21)17(13)19(29(26,27)28,10-4-6-11(24)7-5-10)18-15(22)8-12(25)9-16(18)23/h1-9,24-25H,(H,26,27,28). The maximum atomic E-state index is 13.0. The number of aromatic hydroxyl groups is 2. The van der Waals surface area contributed by atoms with Crippen LogP contribution in [0.2, 0.25) is 20.1 Å². The molecule has 29 heavy (non-hydrogen) atoms. The summed E-state index contributed by atoms with van der Waals surface area (Å²) in [6.07, 6.45) is 0. The predicted octanol–water partition coefficient (Wildman–Crippen LogP) is 5.89. The van der Waals surface area contributed by atoms with Gasteiger partial charge in [0.25, 0.3) is 10.1 Å². The van der Waals surface area contributed by atoms with Crippen molar-refractivity contribution in [3.05, 3.63) is 91.4 Å². The summed E-state index contributed by atoms with van der Waals surface area (Å²) in [5, 5.41) is 18.8. The molecule has 3 rings (SSSR count). The summed E-state index contributed by atoms with van der Waals surface area (Å²) in [4.78, 5) is 0. The van der Waals surface area contributed by atoms with Gasteiger partial charge in [0.1, 0.15) is 11.5 Å². The Bertz CT molecular complexity index is 1150. The lowest BCUT2D eigenvalue weighted by Gasteiger charge is -2.35. The van der Waals surface area contributed by atoms with E-state index in [-0.39, 0.29) is 48.3 Å². The number of benzene rings is 3. The summed E-state index contributed by atoms with van der Waals surface area (Å²) in [6, 6.07) is 11.4. The summed E-state index contributed by atoms with van der Waals surface area (Å²) in [7, 11) is -5.10. The molecule has 0 aliphatic carbocycles. The SMILES string of the molecule is O=S(=O)(O)C(c1ccc(O)cc1)(c1c(Cl)cccc1Cl)c1c(Cl)cc(O)cc1Cl. The molecule has 1 unspecified atom stereocenters. The van der Waals surface area contributed by atoms with Gasteiger partial charge in [0.15, 0.2) is 4.75 Å². The van der Waals surface area contributed by atoms with Gasteiger partial charge in [0.2, 0.25) is 0 Å². The molecule has 5 nitrogen and oxygen atoms in total. The van der Waals surface area contributed by atoms with Crippen LogP contribution in [-0.2, 0) is 14.9 Å². The second kappa shape index (κ2) is 7.87. The van der Waals surface area contributed by atoms with Crippen molar-refractivity contribution >= 4 is 56.5 Å². The van der Waals surface area contributed by atoms with Gasteiger partial charge in [-0.15, -0.1) is 0 Å². The zero-order valence-corrected chi connectivity index (χ0v) is 18.1. The van der Waals surface area contributed by atoms with Crippen molar-refractivity contribution in [3.63, 3.8) is 0 Å². The molecule has 0 heterocycles. The Morgan fingerprint density at radius 1 is 0.690 bits per heavy atom. The van der Waals surface area contributed by atoms with E-state index in [1.54, 1.807) is 0 Å². The molecule has 1 atom stereocenters. The molecule has 0 amide bonds. The van der Waals surface area contributed by atoms with Crippen LogP contribution >= 0.6 is 46.4 Å². The van der Waals surface area contributed by atoms with Crippen LogP contribution in [0.5, 0.6) is 11.5 Å². The largest absolute Gasteiger partial charge is 0.508 e. The maximum Gasteiger partial charge on any atom is 0.283 e. The van der Waals surface area contributed by atoms with Crippen LogP contribution in [0, 0.1) is 0 Å². The van der Waals surface area contributed by atoms with Crippen LogP contribution in [0.3, 0.4) is 0 Å². The Morgan fingerprint density at radius 2 is 1.14 bits per heavy atom. The molecule has 0 saturated carbocycles. The van der Waals surface area contributed by atoms with E-state index in [0.717, 1.165) is 12.1 Å². The van der Waals surface area contributed by atoms with E-state index in [1.807, 2.05) is 0 Å². The van der Waals surface area contributed by atoms with E-state index >= 15 is 0 Å². The third-order valence-corrected chi connectivity index (χ3v) is 7.00. The van der Waals surface area contributed by atoms with Crippen molar-refractivity contribution in [2.24, 2.45) is 0 Å². The minimum absolute atomic E-state index is 0.0395.